The number of rotatable bonds is 3. The number of piperidine rings is 1. The Hall–Kier alpha value is -0.230. The lowest BCUT2D eigenvalue weighted by Crippen LogP contribution is -2.42. The first-order valence-electron chi connectivity index (χ1n) is 4.85. The zero-order valence-corrected chi connectivity index (χ0v) is 9.33. The van der Waals surface area contributed by atoms with Crippen molar-refractivity contribution in [1.29, 1.82) is 0 Å². The van der Waals surface area contributed by atoms with Crippen molar-refractivity contribution >= 4 is 17.5 Å². The molecule has 88 valence electrons. The molecule has 0 radical (unpaired) electrons. The van der Waals surface area contributed by atoms with Crippen molar-refractivity contribution in [3.05, 3.63) is 0 Å². The summed E-state index contributed by atoms with van der Waals surface area (Å²) < 4.78 is 35.6. The quantitative estimate of drug-likeness (QED) is 0.756. The predicted molar refractivity (Wildman–Crippen MR) is 53.8 cm³/mol. The van der Waals surface area contributed by atoms with Gasteiger partial charge in [-0.2, -0.15) is 13.2 Å². The third-order valence-corrected chi connectivity index (χ3v) is 3.18. The molecular weight excluding hydrogens is 227 g/mol. The van der Waals surface area contributed by atoms with E-state index in [-0.39, 0.29) is 29.3 Å². The number of hydrogen-bond acceptors (Lipinski definition) is 3. The first-order chi connectivity index (χ1) is 6.88. The Bertz CT molecular complexity index is 232. The van der Waals surface area contributed by atoms with Gasteiger partial charge in [0.2, 0.25) is 0 Å². The maximum Gasteiger partial charge on any atom is 0.441 e. The van der Waals surface area contributed by atoms with Gasteiger partial charge in [0.15, 0.2) is 0 Å². The number of halogens is 3. The maximum absolute atomic E-state index is 11.9. The van der Waals surface area contributed by atoms with E-state index in [0.29, 0.717) is 25.9 Å². The van der Waals surface area contributed by atoms with Crippen LogP contribution in [0.2, 0.25) is 0 Å². The van der Waals surface area contributed by atoms with Crippen molar-refractivity contribution in [3.63, 3.8) is 0 Å². The molecule has 1 saturated heterocycles. The van der Waals surface area contributed by atoms with Crippen molar-refractivity contribution in [2.75, 3.05) is 18.8 Å². The summed E-state index contributed by atoms with van der Waals surface area (Å²) in [7, 11) is 0. The van der Waals surface area contributed by atoms with Gasteiger partial charge in [0.1, 0.15) is 5.78 Å². The molecule has 0 saturated carbocycles. The van der Waals surface area contributed by atoms with Crippen LogP contribution in [-0.4, -0.2) is 41.1 Å². The fourth-order valence-electron chi connectivity index (χ4n) is 1.66. The molecule has 0 aromatic heterocycles. The second kappa shape index (κ2) is 5.21. The minimum Gasteiger partial charge on any atom is -0.300 e. The highest BCUT2D eigenvalue weighted by atomic mass is 32.2. The third-order valence-electron chi connectivity index (χ3n) is 2.47. The molecule has 1 fully saturated rings. The summed E-state index contributed by atoms with van der Waals surface area (Å²) in [4.78, 5) is 13.0. The van der Waals surface area contributed by atoms with E-state index in [1.165, 1.54) is 0 Å². The molecule has 0 spiro atoms. The molecule has 15 heavy (non-hydrogen) atoms. The molecule has 0 aromatic carbocycles. The van der Waals surface area contributed by atoms with Gasteiger partial charge in [-0.15, -0.1) is 0 Å². The number of Topliss-reactive ketones (excluding diaryl/α,β-unsaturated/α-hetero) is 1. The van der Waals surface area contributed by atoms with Crippen LogP contribution in [0, 0.1) is 0 Å². The van der Waals surface area contributed by atoms with Crippen molar-refractivity contribution in [2.24, 2.45) is 0 Å². The summed E-state index contributed by atoms with van der Waals surface area (Å²) in [5.74, 6) is 0.254. The summed E-state index contributed by atoms with van der Waals surface area (Å²) in [5, 5.41) is 0. The average molecular weight is 241 g/mol. The highest BCUT2D eigenvalue weighted by Gasteiger charge is 2.29. The fraction of sp³-hybridized carbons (Fsp3) is 0.889. The summed E-state index contributed by atoms with van der Waals surface area (Å²) in [6.45, 7) is 2.88. The van der Waals surface area contributed by atoms with Gasteiger partial charge in [0.25, 0.3) is 0 Å². The summed E-state index contributed by atoms with van der Waals surface area (Å²) >= 11 is 0.00346. The molecule has 1 unspecified atom stereocenters. The van der Waals surface area contributed by atoms with Gasteiger partial charge in [-0.3, -0.25) is 9.69 Å². The van der Waals surface area contributed by atoms with E-state index < -0.39 is 5.51 Å². The minimum absolute atomic E-state index is 0.00346. The number of carbonyl (C=O) groups excluding carboxylic acids is 1. The van der Waals surface area contributed by atoms with Crippen LogP contribution in [0.15, 0.2) is 0 Å². The molecule has 1 atom stereocenters. The second-order valence-electron chi connectivity index (χ2n) is 3.67. The highest BCUT2D eigenvalue weighted by molar-refractivity contribution is 8.00. The van der Waals surface area contributed by atoms with Gasteiger partial charge in [0.05, 0.1) is 0 Å². The van der Waals surface area contributed by atoms with Crippen LogP contribution in [0.5, 0.6) is 0 Å². The molecule has 0 N–H and O–H groups in total. The molecule has 1 heterocycles. The van der Waals surface area contributed by atoms with E-state index >= 15 is 0 Å². The molecule has 1 rings (SSSR count). The predicted octanol–water partition coefficient (Wildman–Crippen LogP) is 2.29. The Kier molecular flexibility index (Phi) is 4.45. The van der Waals surface area contributed by atoms with E-state index in [9.17, 15) is 18.0 Å². The number of carbonyl (C=O) groups is 1. The Labute approximate surface area is 91.2 Å². The molecular formula is C9H14F3NOS. The van der Waals surface area contributed by atoms with E-state index in [2.05, 4.69) is 0 Å². The first-order valence-corrected chi connectivity index (χ1v) is 5.83. The van der Waals surface area contributed by atoms with Crippen molar-refractivity contribution < 1.29 is 18.0 Å². The number of nitrogens with zero attached hydrogens (tertiary/aromatic N) is 1. The van der Waals surface area contributed by atoms with Crippen LogP contribution in [0.1, 0.15) is 19.8 Å². The van der Waals surface area contributed by atoms with Gasteiger partial charge in [-0.1, -0.05) is 0 Å². The highest BCUT2D eigenvalue weighted by Crippen LogP contribution is 2.30. The molecule has 0 amide bonds. The first kappa shape index (κ1) is 12.8. The Morgan fingerprint density at radius 3 is 2.73 bits per heavy atom. The fourth-order valence-corrected chi connectivity index (χ4v) is 2.22. The Balaban J connectivity index is 2.24. The van der Waals surface area contributed by atoms with Crippen LogP contribution in [-0.2, 0) is 4.79 Å². The lowest BCUT2D eigenvalue weighted by atomic mass is 10.0. The van der Waals surface area contributed by atoms with Gasteiger partial charge in [-0.05, 0) is 18.7 Å². The van der Waals surface area contributed by atoms with E-state index in [4.69, 9.17) is 0 Å². The smallest absolute Gasteiger partial charge is 0.300 e. The summed E-state index contributed by atoms with van der Waals surface area (Å²) in [6.07, 6.45) is 0.942. The zero-order valence-electron chi connectivity index (χ0n) is 8.51. The van der Waals surface area contributed by atoms with Crippen LogP contribution < -0.4 is 0 Å². The molecule has 1 aliphatic rings. The topological polar surface area (TPSA) is 20.3 Å². The number of thioether (sulfide) groups is 1. The van der Waals surface area contributed by atoms with Crippen LogP contribution in [0.3, 0.4) is 0 Å². The normalized spacial score (nSPS) is 24.5. The Morgan fingerprint density at radius 1 is 1.53 bits per heavy atom. The van der Waals surface area contributed by atoms with Crippen LogP contribution in [0.25, 0.3) is 0 Å². The second-order valence-corrected chi connectivity index (χ2v) is 4.83. The van der Waals surface area contributed by atoms with Crippen molar-refractivity contribution in [3.8, 4) is 0 Å². The number of likely N-dealkylation sites (tertiary alicyclic amines) is 1. The van der Waals surface area contributed by atoms with Gasteiger partial charge >= 0.3 is 5.51 Å². The summed E-state index contributed by atoms with van der Waals surface area (Å²) in [5.41, 5.74) is -4.14. The molecule has 6 heteroatoms. The number of ketones is 1. The van der Waals surface area contributed by atoms with Crippen molar-refractivity contribution in [1.82, 2.24) is 4.90 Å². The molecule has 0 bridgehead atoms. The van der Waals surface area contributed by atoms with Gasteiger partial charge < -0.3 is 0 Å². The molecule has 1 aliphatic heterocycles. The zero-order chi connectivity index (χ0) is 11.5. The van der Waals surface area contributed by atoms with Crippen LogP contribution >= 0.6 is 11.8 Å². The third kappa shape index (κ3) is 4.88. The van der Waals surface area contributed by atoms with Crippen LogP contribution in [0.4, 0.5) is 13.2 Å². The van der Waals surface area contributed by atoms with Gasteiger partial charge in [-0.25, -0.2) is 0 Å². The standard InChI is InChI=1S/C9H14F3NOS/c1-7-6-8(14)2-3-13(7)4-5-15-9(10,11)12/h7H,2-6H2,1H3. The lowest BCUT2D eigenvalue weighted by molar-refractivity contribution is -0.122. The van der Waals surface area contributed by atoms with E-state index in [0.717, 1.165) is 0 Å². The number of hydrogen-bond donors (Lipinski definition) is 0. The van der Waals surface area contributed by atoms with Gasteiger partial charge in [0, 0.05) is 37.7 Å². The monoisotopic (exact) mass is 241 g/mol. The molecule has 0 aliphatic carbocycles. The average Bonchev–Trinajstić information content (AvgIpc) is 2.07. The molecule has 2 nitrogen and oxygen atoms in total. The Morgan fingerprint density at radius 2 is 2.20 bits per heavy atom. The number of alkyl halides is 3. The van der Waals surface area contributed by atoms with E-state index in [1.54, 1.807) is 0 Å². The maximum atomic E-state index is 11.9. The molecule has 0 aromatic rings. The van der Waals surface area contributed by atoms with E-state index in [1.807, 2.05) is 11.8 Å². The largest absolute Gasteiger partial charge is 0.441 e. The lowest BCUT2D eigenvalue weighted by Gasteiger charge is -2.32. The summed E-state index contributed by atoms with van der Waals surface area (Å²) in [6, 6.07) is 0.0834. The minimum atomic E-state index is -4.14. The van der Waals surface area contributed by atoms with Crippen molar-refractivity contribution in [2.45, 2.75) is 31.3 Å². The SMILES string of the molecule is CC1CC(=O)CCN1CCSC(F)(F)F.